The standard InChI is InChI=1S/C13H14/c1-3-5-9-12(4-2)13-10-7-6-8-11-13/h2-3,6-8,10-12H,1,5,9H2. The lowest BCUT2D eigenvalue weighted by Gasteiger charge is -2.08. The molecule has 0 saturated carbocycles. The van der Waals surface area contributed by atoms with E-state index in [4.69, 9.17) is 6.42 Å². The molecule has 1 unspecified atom stereocenters. The van der Waals surface area contributed by atoms with Gasteiger partial charge in [0.1, 0.15) is 0 Å². The largest absolute Gasteiger partial charge is 0.119 e. The third kappa shape index (κ3) is 2.80. The molecule has 13 heavy (non-hydrogen) atoms. The van der Waals surface area contributed by atoms with E-state index < -0.39 is 0 Å². The van der Waals surface area contributed by atoms with Crippen LogP contribution in [0.1, 0.15) is 24.3 Å². The maximum absolute atomic E-state index is 5.46. The summed E-state index contributed by atoms with van der Waals surface area (Å²) in [6, 6.07) is 10.2. The summed E-state index contributed by atoms with van der Waals surface area (Å²) >= 11 is 0. The molecule has 0 fully saturated rings. The molecule has 0 radical (unpaired) electrons. The highest BCUT2D eigenvalue weighted by Gasteiger charge is 2.05. The lowest BCUT2D eigenvalue weighted by molar-refractivity contribution is 0.772. The van der Waals surface area contributed by atoms with Crippen LogP contribution >= 0.6 is 0 Å². The maximum atomic E-state index is 5.46. The average molecular weight is 170 g/mol. The third-order valence-electron chi connectivity index (χ3n) is 2.06. The quantitative estimate of drug-likeness (QED) is 0.480. The van der Waals surface area contributed by atoms with Crippen LogP contribution in [0.4, 0.5) is 0 Å². The first kappa shape index (κ1) is 9.61. The Hall–Kier alpha value is -1.48. The average Bonchev–Trinajstić information content (AvgIpc) is 2.21. The molecule has 1 aromatic carbocycles. The lowest BCUT2D eigenvalue weighted by Crippen LogP contribution is -1.94. The van der Waals surface area contributed by atoms with Crippen molar-refractivity contribution < 1.29 is 0 Å². The van der Waals surface area contributed by atoms with Gasteiger partial charge in [0.25, 0.3) is 0 Å². The number of hydrogen-bond acceptors (Lipinski definition) is 0. The van der Waals surface area contributed by atoms with Gasteiger partial charge in [-0.15, -0.1) is 13.0 Å². The molecular formula is C13H14. The Labute approximate surface area is 80.3 Å². The molecule has 66 valence electrons. The second-order valence-electron chi connectivity index (χ2n) is 3.00. The van der Waals surface area contributed by atoms with Gasteiger partial charge in [-0.25, -0.2) is 0 Å². The van der Waals surface area contributed by atoms with Crippen molar-refractivity contribution in [2.24, 2.45) is 0 Å². The maximum Gasteiger partial charge on any atom is 0.0452 e. The van der Waals surface area contributed by atoms with Gasteiger partial charge in [-0.2, -0.15) is 0 Å². The van der Waals surface area contributed by atoms with Crippen LogP contribution in [0.25, 0.3) is 0 Å². The second-order valence-corrected chi connectivity index (χ2v) is 3.00. The highest BCUT2D eigenvalue weighted by Crippen LogP contribution is 2.19. The third-order valence-corrected chi connectivity index (χ3v) is 2.06. The lowest BCUT2D eigenvalue weighted by atomic mass is 9.95. The van der Waals surface area contributed by atoms with Crippen LogP contribution in [0.2, 0.25) is 0 Å². The van der Waals surface area contributed by atoms with Crippen LogP contribution < -0.4 is 0 Å². The van der Waals surface area contributed by atoms with Crippen LogP contribution in [0.5, 0.6) is 0 Å². The first-order valence-electron chi connectivity index (χ1n) is 4.50. The first-order chi connectivity index (χ1) is 6.38. The molecule has 0 heteroatoms. The Morgan fingerprint density at radius 2 is 2.08 bits per heavy atom. The molecule has 0 aliphatic heterocycles. The molecule has 0 aliphatic carbocycles. The summed E-state index contributed by atoms with van der Waals surface area (Å²) in [6.45, 7) is 3.69. The normalized spacial score (nSPS) is 11.6. The van der Waals surface area contributed by atoms with E-state index in [1.807, 2.05) is 24.3 Å². The molecule has 0 heterocycles. The highest BCUT2D eigenvalue weighted by atomic mass is 14.1. The fourth-order valence-electron chi connectivity index (χ4n) is 1.32. The number of terminal acetylenes is 1. The van der Waals surface area contributed by atoms with Crippen molar-refractivity contribution in [1.29, 1.82) is 0 Å². The minimum atomic E-state index is 0.235. The van der Waals surface area contributed by atoms with E-state index in [1.54, 1.807) is 0 Å². The summed E-state index contributed by atoms with van der Waals surface area (Å²) in [5.41, 5.74) is 1.23. The Balaban J connectivity index is 2.68. The Morgan fingerprint density at radius 1 is 1.38 bits per heavy atom. The molecule has 0 aromatic heterocycles. The van der Waals surface area contributed by atoms with Crippen molar-refractivity contribution in [2.45, 2.75) is 18.8 Å². The number of allylic oxidation sites excluding steroid dienone is 1. The summed E-state index contributed by atoms with van der Waals surface area (Å²) in [6.07, 6.45) is 9.34. The van der Waals surface area contributed by atoms with Crippen LogP contribution in [-0.2, 0) is 0 Å². The van der Waals surface area contributed by atoms with Crippen molar-refractivity contribution in [3.63, 3.8) is 0 Å². The van der Waals surface area contributed by atoms with E-state index in [-0.39, 0.29) is 5.92 Å². The van der Waals surface area contributed by atoms with Crippen LogP contribution in [0.15, 0.2) is 43.0 Å². The molecule has 0 amide bonds. The fraction of sp³-hybridized carbons (Fsp3) is 0.231. The van der Waals surface area contributed by atoms with Crippen LogP contribution in [0, 0.1) is 12.3 Å². The summed E-state index contributed by atoms with van der Waals surface area (Å²) in [4.78, 5) is 0. The summed E-state index contributed by atoms with van der Waals surface area (Å²) < 4.78 is 0. The van der Waals surface area contributed by atoms with Gasteiger partial charge in [-0.05, 0) is 18.4 Å². The zero-order valence-electron chi connectivity index (χ0n) is 7.74. The van der Waals surface area contributed by atoms with Gasteiger partial charge < -0.3 is 0 Å². The molecule has 0 bridgehead atoms. The number of hydrogen-bond donors (Lipinski definition) is 0. The molecular weight excluding hydrogens is 156 g/mol. The van der Waals surface area contributed by atoms with Crippen molar-refractivity contribution in [3.05, 3.63) is 48.6 Å². The van der Waals surface area contributed by atoms with Gasteiger partial charge in [0, 0.05) is 5.92 Å². The summed E-state index contributed by atoms with van der Waals surface area (Å²) in [5, 5.41) is 0. The van der Waals surface area contributed by atoms with Crippen molar-refractivity contribution in [3.8, 4) is 12.3 Å². The van der Waals surface area contributed by atoms with E-state index in [1.165, 1.54) is 5.56 Å². The van der Waals surface area contributed by atoms with Crippen molar-refractivity contribution in [2.75, 3.05) is 0 Å². The van der Waals surface area contributed by atoms with Crippen LogP contribution in [-0.4, -0.2) is 0 Å². The molecule has 1 aromatic rings. The predicted molar refractivity (Wildman–Crippen MR) is 57.4 cm³/mol. The molecule has 0 spiro atoms. The zero-order valence-corrected chi connectivity index (χ0v) is 7.74. The highest BCUT2D eigenvalue weighted by molar-refractivity contribution is 5.26. The van der Waals surface area contributed by atoms with Crippen molar-refractivity contribution in [1.82, 2.24) is 0 Å². The smallest absolute Gasteiger partial charge is 0.0452 e. The van der Waals surface area contributed by atoms with E-state index in [0.29, 0.717) is 0 Å². The van der Waals surface area contributed by atoms with E-state index >= 15 is 0 Å². The SMILES string of the molecule is C#CC(CCC=C)c1ccccc1. The van der Waals surface area contributed by atoms with Gasteiger partial charge in [0.05, 0.1) is 0 Å². The molecule has 0 saturated heterocycles. The molecule has 0 N–H and O–H groups in total. The van der Waals surface area contributed by atoms with E-state index in [9.17, 15) is 0 Å². The van der Waals surface area contributed by atoms with Gasteiger partial charge in [-0.1, -0.05) is 42.3 Å². The van der Waals surface area contributed by atoms with Gasteiger partial charge in [0.2, 0.25) is 0 Å². The molecule has 1 atom stereocenters. The molecule has 0 nitrogen and oxygen atoms in total. The fourth-order valence-corrected chi connectivity index (χ4v) is 1.32. The van der Waals surface area contributed by atoms with Gasteiger partial charge in [-0.3, -0.25) is 0 Å². The minimum absolute atomic E-state index is 0.235. The molecule has 1 rings (SSSR count). The van der Waals surface area contributed by atoms with E-state index in [0.717, 1.165) is 12.8 Å². The van der Waals surface area contributed by atoms with Gasteiger partial charge >= 0.3 is 0 Å². The van der Waals surface area contributed by atoms with Crippen LogP contribution in [0.3, 0.4) is 0 Å². The Morgan fingerprint density at radius 3 is 2.62 bits per heavy atom. The Kier molecular flexibility index (Phi) is 3.85. The second kappa shape index (κ2) is 5.22. The first-order valence-corrected chi connectivity index (χ1v) is 4.50. The minimum Gasteiger partial charge on any atom is -0.119 e. The number of benzene rings is 1. The zero-order chi connectivity index (χ0) is 9.52. The Bertz CT molecular complexity index is 290. The van der Waals surface area contributed by atoms with Crippen molar-refractivity contribution >= 4 is 0 Å². The van der Waals surface area contributed by atoms with E-state index in [2.05, 4.69) is 24.6 Å². The summed E-state index contributed by atoms with van der Waals surface area (Å²) in [7, 11) is 0. The van der Waals surface area contributed by atoms with Gasteiger partial charge in [0.15, 0.2) is 0 Å². The summed E-state index contributed by atoms with van der Waals surface area (Å²) in [5.74, 6) is 3.04. The molecule has 0 aliphatic rings. The number of rotatable bonds is 4. The topological polar surface area (TPSA) is 0 Å². The predicted octanol–water partition coefficient (Wildman–Crippen LogP) is 3.37. The monoisotopic (exact) mass is 170 g/mol.